The molecule has 0 atom stereocenters. The fraction of sp³-hybridized carbons (Fsp3) is 0.294. The summed E-state index contributed by atoms with van der Waals surface area (Å²) in [6.45, 7) is 1.45. The summed E-state index contributed by atoms with van der Waals surface area (Å²) in [6, 6.07) is 14.5. The molecule has 0 N–H and O–H groups in total. The lowest BCUT2D eigenvalue weighted by atomic mass is 10.2. The molecule has 6 heteroatoms. The minimum atomic E-state index is 0.634. The van der Waals surface area contributed by atoms with E-state index in [1.165, 1.54) is 20.5 Å². The van der Waals surface area contributed by atoms with Gasteiger partial charge in [0.1, 0.15) is 5.75 Å². The monoisotopic (exact) mass is 329 g/mol. The van der Waals surface area contributed by atoms with Crippen LogP contribution in [-0.4, -0.2) is 32.3 Å². The maximum atomic E-state index is 10.5. The molecule has 0 unspecified atom stereocenters. The van der Waals surface area contributed by atoms with E-state index in [4.69, 9.17) is 4.74 Å². The van der Waals surface area contributed by atoms with Gasteiger partial charge in [-0.25, -0.2) is 0 Å². The van der Waals surface area contributed by atoms with Crippen LogP contribution >= 0.6 is 11.8 Å². The summed E-state index contributed by atoms with van der Waals surface area (Å²) in [5.41, 5.74) is 2.34. The lowest BCUT2D eigenvalue weighted by Gasteiger charge is -2.33. The summed E-state index contributed by atoms with van der Waals surface area (Å²) >= 11 is 1.77. The van der Waals surface area contributed by atoms with Crippen LogP contribution in [0.1, 0.15) is 6.42 Å². The zero-order chi connectivity index (χ0) is 16.2. The number of benzene rings is 2. The molecule has 120 valence electrons. The first kappa shape index (κ1) is 15.7. The maximum absolute atomic E-state index is 10.5. The summed E-state index contributed by atoms with van der Waals surface area (Å²) in [4.78, 5) is 15.3. The number of anilines is 2. The highest BCUT2D eigenvalue weighted by Crippen LogP contribution is 2.48. The molecular weight excluding hydrogens is 310 g/mol. The Kier molecular flexibility index (Phi) is 4.71. The summed E-state index contributed by atoms with van der Waals surface area (Å²) in [5.74, 6) is 0.848. The maximum Gasteiger partial charge on any atom is 0.121 e. The summed E-state index contributed by atoms with van der Waals surface area (Å²) in [7, 11) is 3.38. The molecule has 0 aliphatic carbocycles. The molecule has 0 amide bonds. The molecule has 0 radical (unpaired) electrons. The van der Waals surface area contributed by atoms with Crippen LogP contribution in [0.3, 0.4) is 0 Å². The lowest BCUT2D eigenvalue weighted by molar-refractivity contribution is 0.345. The van der Waals surface area contributed by atoms with Crippen LogP contribution in [0.4, 0.5) is 11.4 Å². The van der Waals surface area contributed by atoms with E-state index >= 15 is 0 Å². The molecule has 0 spiro atoms. The Hall–Kier alpha value is -2.21. The van der Waals surface area contributed by atoms with E-state index in [9.17, 15) is 4.91 Å². The van der Waals surface area contributed by atoms with Crippen molar-refractivity contribution >= 4 is 23.1 Å². The standard InChI is InChI=1S/C17H19N3O2S/c1-19(18-21)10-5-11-20-14-6-3-4-7-16(14)23-17-9-8-13(22-2)12-15(17)20/h3-4,6-9,12H,5,10-11H2,1-2H3. The Labute approximate surface area is 140 Å². The van der Waals surface area contributed by atoms with Gasteiger partial charge in [0.15, 0.2) is 0 Å². The van der Waals surface area contributed by atoms with E-state index in [1.54, 1.807) is 25.9 Å². The number of fused-ring (bicyclic) bond motifs is 2. The van der Waals surface area contributed by atoms with Crippen molar-refractivity contribution in [2.75, 3.05) is 32.1 Å². The van der Waals surface area contributed by atoms with E-state index in [0.717, 1.165) is 24.4 Å². The van der Waals surface area contributed by atoms with E-state index in [2.05, 4.69) is 46.6 Å². The van der Waals surface area contributed by atoms with Gasteiger partial charge in [-0.3, -0.25) is 5.01 Å². The average Bonchev–Trinajstić information content (AvgIpc) is 2.60. The van der Waals surface area contributed by atoms with Crippen LogP contribution in [0.5, 0.6) is 5.75 Å². The number of para-hydroxylation sites is 1. The van der Waals surface area contributed by atoms with Gasteiger partial charge < -0.3 is 9.64 Å². The number of hydrogen-bond acceptors (Lipinski definition) is 5. The first-order valence-electron chi connectivity index (χ1n) is 7.50. The molecule has 5 nitrogen and oxygen atoms in total. The minimum Gasteiger partial charge on any atom is -0.497 e. The van der Waals surface area contributed by atoms with Crippen molar-refractivity contribution in [2.45, 2.75) is 16.2 Å². The van der Waals surface area contributed by atoms with Crippen molar-refractivity contribution in [3.8, 4) is 5.75 Å². The molecule has 0 bridgehead atoms. The minimum absolute atomic E-state index is 0.634. The Balaban J connectivity index is 1.91. The second-order valence-electron chi connectivity index (χ2n) is 5.37. The van der Waals surface area contributed by atoms with Crippen LogP contribution in [0, 0.1) is 4.91 Å². The van der Waals surface area contributed by atoms with Crippen molar-refractivity contribution in [3.05, 3.63) is 47.4 Å². The van der Waals surface area contributed by atoms with Crippen molar-refractivity contribution in [2.24, 2.45) is 5.29 Å². The molecule has 2 aromatic rings. The lowest BCUT2D eigenvalue weighted by Crippen LogP contribution is -2.25. The van der Waals surface area contributed by atoms with Gasteiger partial charge in [0.2, 0.25) is 0 Å². The predicted octanol–water partition coefficient (Wildman–Crippen LogP) is 4.30. The first-order chi connectivity index (χ1) is 11.2. The normalized spacial score (nSPS) is 12.3. The fourth-order valence-corrected chi connectivity index (χ4v) is 3.75. The predicted molar refractivity (Wildman–Crippen MR) is 93.6 cm³/mol. The zero-order valence-electron chi connectivity index (χ0n) is 13.2. The number of methoxy groups -OCH3 is 1. The van der Waals surface area contributed by atoms with Gasteiger partial charge in [-0.2, -0.15) is 0 Å². The topological polar surface area (TPSA) is 45.1 Å². The van der Waals surface area contributed by atoms with Crippen LogP contribution in [0.2, 0.25) is 0 Å². The molecular formula is C17H19N3O2S. The largest absolute Gasteiger partial charge is 0.497 e. The van der Waals surface area contributed by atoms with Crippen LogP contribution in [0.15, 0.2) is 57.5 Å². The summed E-state index contributed by atoms with van der Waals surface area (Å²) in [5, 5.41) is 4.36. The fourth-order valence-electron chi connectivity index (χ4n) is 2.68. The smallest absolute Gasteiger partial charge is 0.121 e. The van der Waals surface area contributed by atoms with Crippen molar-refractivity contribution in [1.29, 1.82) is 0 Å². The van der Waals surface area contributed by atoms with E-state index in [0.29, 0.717) is 6.54 Å². The Morgan fingerprint density at radius 2 is 1.96 bits per heavy atom. The number of rotatable bonds is 6. The van der Waals surface area contributed by atoms with Gasteiger partial charge in [-0.1, -0.05) is 23.9 Å². The highest BCUT2D eigenvalue weighted by molar-refractivity contribution is 7.99. The van der Waals surface area contributed by atoms with E-state index in [1.807, 2.05) is 6.07 Å². The van der Waals surface area contributed by atoms with Crippen LogP contribution < -0.4 is 9.64 Å². The highest BCUT2D eigenvalue weighted by atomic mass is 32.2. The molecule has 1 heterocycles. The molecule has 0 fully saturated rings. The van der Waals surface area contributed by atoms with E-state index in [-0.39, 0.29) is 0 Å². The average molecular weight is 329 g/mol. The Morgan fingerprint density at radius 3 is 2.74 bits per heavy atom. The first-order valence-corrected chi connectivity index (χ1v) is 8.31. The second-order valence-corrected chi connectivity index (χ2v) is 6.46. The van der Waals surface area contributed by atoms with Crippen molar-refractivity contribution < 1.29 is 4.74 Å². The van der Waals surface area contributed by atoms with Gasteiger partial charge in [0.25, 0.3) is 0 Å². The molecule has 1 aliphatic rings. The SMILES string of the molecule is COc1ccc2c(c1)N(CCCN(C)N=O)c1ccccc1S2. The summed E-state index contributed by atoms with van der Waals surface area (Å²) < 4.78 is 5.38. The van der Waals surface area contributed by atoms with Crippen molar-refractivity contribution in [1.82, 2.24) is 5.01 Å². The molecule has 3 rings (SSSR count). The third-order valence-electron chi connectivity index (χ3n) is 3.84. The van der Waals surface area contributed by atoms with E-state index < -0.39 is 0 Å². The number of nitrogens with zero attached hydrogens (tertiary/aromatic N) is 3. The molecule has 0 aromatic heterocycles. The quantitative estimate of drug-likeness (QED) is 0.584. The van der Waals surface area contributed by atoms with Gasteiger partial charge >= 0.3 is 0 Å². The second kappa shape index (κ2) is 6.91. The van der Waals surface area contributed by atoms with Crippen LogP contribution in [0.25, 0.3) is 0 Å². The third kappa shape index (κ3) is 3.27. The van der Waals surface area contributed by atoms with Gasteiger partial charge in [-0.05, 0) is 30.7 Å². The van der Waals surface area contributed by atoms with Crippen LogP contribution in [-0.2, 0) is 0 Å². The molecule has 0 saturated heterocycles. The molecule has 23 heavy (non-hydrogen) atoms. The van der Waals surface area contributed by atoms with Gasteiger partial charge in [0, 0.05) is 36.0 Å². The Bertz CT molecular complexity index is 708. The molecule has 2 aromatic carbocycles. The summed E-state index contributed by atoms with van der Waals surface area (Å²) in [6.07, 6.45) is 0.845. The highest BCUT2D eigenvalue weighted by Gasteiger charge is 2.23. The molecule has 1 aliphatic heterocycles. The Morgan fingerprint density at radius 1 is 1.17 bits per heavy atom. The van der Waals surface area contributed by atoms with Gasteiger partial charge in [-0.15, -0.1) is 4.91 Å². The number of ether oxygens (including phenoxy) is 1. The number of hydrogen-bond donors (Lipinski definition) is 0. The number of nitroso groups, excluding NO2 is 1. The zero-order valence-corrected chi connectivity index (χ0v) is 14.0. The third-order valence-corrected chi connectivity index (χ3v) is 4.97. The van der Waals surface area contributed by atoms with Crippen molar-refractivity contribution in [3.63, 3.8) is 0 Å². The molecule has 0 saturated carbocycles. The van der Waals surface area contributed by atoms with Gasteiger partial charge in [0.05, 0.1) is 23.8 Å².